The number of rotatable bonds is 8. The van der Waals surface area contributed by atoms with Crippen molar-refractivity contribution >= 4 is 17.8 Å². The molecule has 1 aromatic heterocycles. The van der Waals surface area contributed by atoms with Crippen LogP contribution in [-0.2, 0) is 16.1 Å². The van der Waals surface area contributed by atoms with Crippen LogP contribution < -0.4 is 16.0 Å². The van der Waals surface area contributed by atoms with Gasteiger partial charge in [-0.15, -0.1) is 0 Å². The highest BCUT2D eigenvalue weighted by atomic mass is 16.5. The zero-order chi connectivity index (χ0) is 17.9. The van der Waals surface area contributed by atoms with Gasteiger partial charge in [-0.3, -0.25) is 9.78 Å². The average molecular weight is 343 g/mol. The van der Waals surface area contributed by atoms with Gasteiger partial charge in [-0.05, 0) is 12.5 Å². The van der Waals surface area contributed by atoms with E-state index in [0.717, 1.165) is 5.56 Å². The molecule has 8 nitrogen and oxygen atoms in total. The van der Waals surface area contributed by atoms with Crippen molar-refractivity contribution in [2.45, 2.75) is 19.6 Å². The molecule has 0 spiro atoms. The van der Waals surface area contributed by atoms with Crippen molar-refractivity contribution in [1.82, 2.24) is 20.6 Å². The summed E-state index contributed by atoms with van der Waals surface area (Å²) in [5, 5.41) is 8.22. The van der Waals surface area contributed by atoms with E-state index in [9.17, 15) is 9.59 Å². The van der Waals surface area contributed by atoms with Crippen LogP contribution in [0.25, 0.3) is 0 Å². The van der Waals surface area contributed by atoms with Crippen LogP contribution in [0.15, 0.2) is 48.9 Å². The van der Waals surface area contributed by atoms with Gasteiger partial charge in [0.05, 0.1) is 6.20 Å². The van der Waals surface area contributed by atoms with E-state index in [1.54, 1.807) is 25.5 Å². The van der Waals surface area contributed by atoms with Gasteiger partial charge in [-0.1, -0.05) is 30.3 Å². The highest BCUT2D eigenvalue weighted by Crippen LogP contribution is 2.00. The molecule has 0 saturated heterocycles. The number of hydrogen-bond acceptors (Lipinski definition) is 6. The zero-order valence-electron chi connectivity index (χ0n) is 13.9. The van der Waals surface area contributed by atoms with E-state index < -0.39 is 12.1 Å². The molecule has 0 bridgehead atoms. The molecule has 0 aliphatic carbocycles. The summed E-state index contributed by atoms with van der Waals surface area (Å²) in [6.45, 7) is 2.63. The van der Waals surface area contributed by atoms with E-state index in [4.69, 9.17) is 4.74 Å². The van der Waals surface area contributed by atoms with Crippen LogP contribution in [-0.4, -0.2) is 41.1 Å². The van der Waals surface area contributed by atoms with Crippen molar-refractivity contribution in [3.63, 3.8) is 0 Å². The molecule has 1 atom stereocenters. The van der Waals surface area contributed by atoms with Crippen LogP contribution in [0, 0.1) is 0 Å². The van der Waals surface area contributed by atoms with Crippen LogP contribution in [0.4, 0.5) is 10.6 Å². The third-order valence-corrected chi connectivity index (χ3v) is 3.23. The van der Waals surface area contributed by atoms with Gasteiger partial charge in [-0.25, -0.2) is 9.78 Å². The first-order chi connectivity index (χ1) is 12.1. The van der Waals surface area contributed by atoms with Gasteiger partial charge in [0, 0.05) is 25.5 Å². The van der Waals surface area contributed by atoms with Crippen molar-refractivity contribution < 1.29 is 14.3 Å². The molecule has 1 aromatic carbocycles. The molecule has 25 heavy (non-hydrogen) atoms. The Hall–Kier alpha value is -3.16. The summed E-state index contributed by atoms with van der Waals surface area (Å²) in [5.74, 6) is 0.338. The van der Waals surface area contributed by atoms with E-state index in [-0.39, 0.29) is 12.5 Å². The molecule has 0 unspecified atom stereocenters. The number of nitrogens with zero attached hydrogens (tertiary/aromatic N) is 2. The van der Waals surface area contributed by atoms with Crippen LogP contribution in [0.2, 0.25) is 0 Å². The topological polar surface area (TPSA) is 105 Å². The Morgan fingerprint density at radius 1 is 1.16 bits per heavy atom. The van der Waals surface area contributed by atoms with Crippen LogP contribution in [0.1, 0.15) is 12.5 Å². The van der Waals surface area contributed by atoms with E-state index >= 15 is 0 Å². The first-order valence-electron chi connectivity index (χ1n) is 7.90. The molecule has 2 aromatic rings. The molecular weight excluding hydrogens is 322 g/mol. The number of anilines is 1. The lowest BCUT2D eigenvalue weighted by atomic mass is 10.2. The smallest absolute Gasteiger partial charge is 0.408 e. The summed E-state index contributed by atoms with van der Waals surface area (Å²) in [4.78, 5) is 31.6. The minimum absolute atomic E-state index is 0.156. The van der Waals surface area contributed by atoms with Crippen molar-refractivity contribution in [2.75, 3.05) is 18.4 Å². The van der Waals surface area contributed by atoms with Crippen LogP contribution in [0.3, 0.4) is 0 Å². The van der Waals surface area contributed by atoms with Crippen molar-refractivity contribution in [2.24, 2.45) is 0 Å². The van der Waals surface area contributed by atoms with Gasteiger partial charge in [0.15, 0.2) is 0 Å². The molecule has 0 aliphatic rings. The predicted molar refractivity (Wildman–Crippen MR) is 92.8 cm³/mol. The number of carbonyl (C=O) groups is 2. The van der Waals surface area contributed by atoms with Gasteiger partial charge in [0.25, 0.3) is 0 Å². The number of nitrogens with one attached hydrogen (secondary N) is 3. The molecule has 1 heterocycles. The fourth-order valence-corrected chi connectivity index (χ4v) is 1.93. The molecule has 0 saturated carbocycles. The molecule has 2 rings (SSSR count). The van der Waals surface area contributed by atoms with E-state index in [1.807, 2.05) is 30.3 Å². The average Bonchev–Trinajstić information content (AvgIpc) is 2.65. The van der Waals surface area contributed by atoms with Crippen LogP contribution >= 0.6 is 0 Å². The summed E-state index contributed by atoms with van der Waals surface area (Å²) in [7, 11) is 0. The highest BCUT2D eigenvalue weighted by molar-refractivity contribution is 5.85. The molecule has 0 aliphatic heterocycles. The fraction of sp³-hybridized carbons (Fsp3) is 0.294. The number of amides is 2. The summed E-state index contributed by atoms with van der Waals surface area (Å²) in [5.41, 5.74) is 0.879. The fourth-order valence-electron chi connectivity index (χ4n) is 1.93. The quantitative estimate of drug-likeness (QED) is 0.624. The van der Waals surface area contributed by atoms with Gasteiger partial charge in [0.2, 0.25) is 5.91 Å². The van der Waals surface area contributed by atoms with Gasteiger partial charge >= 0.3 is 6.09 Å². The van der Waals surface area contributed by atoms with Gasteiger partial charge in [-0.2, -0.15) is 0 Å². The maximum atomic E-state index is 11.9. The summed E-state index contributed by atoms with van der Waals surface area (Å²) >= 11 is 0. The SMILES string of the molecule is C[C@@H](NC(=O)OCc1ccccc1)C(=O)NCCNc1cnccn1. The Balaban J connectivity index is 1.61. The Morgan fingerprint density at radius 2 is 1.96 bits per heavy atom. The Labute approximate surface area is 146 Å². The van der Waals surface area contributed by atoms with E-state index in [1.165, 1.54) is 0 Å². The minimum atomic E-state index is -0.695. The van der Waals surface area contributed by atoms with Crippen molar-refractivity contribution in [3.8, 4) is 0 Å². The normalized spacial score (nSPS) is 11.2. The molecular formula is C17H21N5O3. The van der Waals surface area contributed by atoms with E-state index in [2.05, 4.69) is 25.9 Å². The van der Waals surface area contributed by atoms with Crippen molar-refractivity contribution in [1.29, 1.82) is 0 Å². The second-order valence-electron chi connectivity index (χ2n) is 5.24. The minimum Gasteiger partial charge on any atom is -0.445 e. The van der Waals surface area contributed by atoms with Crippen LogP contribution in [0.5, 0.6) is 0 Å². The number of aromatic nitrogens is 2. The Morgan fingerprint density at radius 3 is 2.68 bits per heavy atom. The lowest BCUT2D eigenvalue weighted by molar-refractivity contribution is -0.122. The largest absolute Gasteiger partial charge is 0.445 e. The Kier molecular flexibility index (Phi) is 7.17. The zero-order valence-corrected chi connectivity index (χ0v) is 13.9. The van der Waals surface area contributed by atoms with Gasteiger partial charge in [0.1, 0.15) is 18.5 Å². The second kappa shape index (κ2) is 9.86. The number of ether oxygens (including phenoxy) is 1. The number of carbonyl (C=O) groups excluding carboxylic acids is 2. The molecule has 8 heteroatoms. The number of alkyl carbamates (subject to hydrolysis) is 1. The summed E-state index contributed by atoms with van der Waals surface area (Å²) in [6.07, 6.45) is 4.11. The highest BCUT2D eigenvalue weighted by Gasteiger charge is 2.15. The summed E-state index contributed by atoms with van der Waals surface area (Å²) in [6, 6.07) is 8.62. The maximum Gasteiger partial charge on any atom is 0.408 e. The second-order valence-corrected chi connectivity index (χ2v) is 5.24. The maximum absolute atomic E-state index is 11.9. The number of hydrogen-bond donors (Lipinski definition) is 3. The molecule has 0 fully saturated rings. The lowest BCUT2D eigenvalue weighted by Gasteiger charge is -2.14. The lowest BCUT2D eigenvalue weighted by Crippen LogP contribution is -2.46. The summed E-state index contributed by atoms with van der Waals surface area (Å²) < 4.78 is 5.07. The van der Waals surface area contributed by atoms with E-state index in [0.29, 0.717) is 18.9 Å². The third kappa shape index (κ3) is 6.86. The monoisotopic (exact) mass is 343 g/mol. The van der Waals surface area contributed by atoms with Gasteiger partial charge < -0.3 is 20.7 Å². The standard InChI is InChI=1S/C17H21N5O3/c1-13(22-17(24)25-12-14-5-3-2-4-6-14)16(23)21-10-9-20-15-11-18-7-8-19-15/h2-8,11,13H,9-10,12H2,1H3,(H,19,20)(H,21,23)(H,22,24)/t13-/m1/s1. The molecule has 0 radical (unpaired) electrons. The predicted octanol–water partition coefficient (Wildman–Crippen LogP) is 1.32. The first kappa shape index (κ1) is 18.2. The van der Waals surface area contributed by atoms with Crippen molar-refractivity contribution in [3.05, 3.63) is 54.5 Å². The third-order valence-electron chi connectivity index (χ3n) is 3.23. The Bertz CT molecular complexity index is 666. The molecule has 3 N–H and O–H groups in total. The number of benzene rings is 1. The molecule has 2 amide bonds. The first-order valence-corrected chi connectivity index (χ1v) is 7.90. The molecule has 132 valence electrons.